The first kappa shape index (κ1) is 16.3. The summed E-state index contributed by atoms with van der Waals surface area (Å²) in [5, 5.41) is 0. The molecule has 2 aliphatic rings. The molecule has 0 amide bonds. The minimum Gasteiger partial charge on any atom is -0.376 e. The third-order valence-corrected chi connectivity index (χ3v) is 5.55. The fourth-order valence-electron chi connectivity index (χ4n) is 4.51. The van der Waals surface area contributed by atoms with Crippen LogP contribution in [0.15, 0.2) is 0 Å². The van der Waals surface area contributed by atoms with Crippen LogP contribution in [0.1, 0.15) is 97.3 Å². The van der Waals surface area contributed by atoms with Crippen LogP contribution in [0, 0.1) is 11.8 Å². The lowest BCUT2D eigenvalue weighted by Crippen LogP contribution is -2.33. The van der Waals surface area contributed by atoms with Crippen LogP contribution in [0.2, 0.25) is 0 Å². The Kier molecular flexibility index (Phi) is 7.41. The topological polar surface area (TPSA) is 9.23 Å². The summed E-state index contributed by atoms with van der Waals surface area (Å²) in [5.74, 6) is 1.93. The summed E-state index contributed by atoms with van der Waals surface area (Å²) >= 11 is 0. The van der Waals surface area contributed by atoms with Crippen molar-refractivity contribution < 1.29 is 4.74 Å². The van der Waals surface area contributed by atoms with E-state index in [0.717, 1.165) is 11.8 Å². The number of hydrogen-bond donors (Lipinski definition) is 0. The van der Waals surface area contributed by atoms with Crippen molar-refractivity contribution in [3.8, 4) is 0 Å². The Morgan fingerprint density at radius 1 is 0.550 bits per heavy atom. The van der Waals surface area contributed by atoms with E-state index in [9.17, 15) is 0 Å². The lowest BCUT2D eigenvalue weighted by atomic mass is 9.76. The predicted molar refractivity (Wildman–Crippen MR) is 87.0 cm³/mol. The smallest absolute Gasteiger partial charge is 0.0553 e. The van der Waals surface area contributed by atoms with Crippen LogP contribution in [0.5, 0.6) is 0 Å². The van der Waals surface area contributed by atoms with Gasteiger partial charge in [-0.15, -0.1) is 0 Å². The van der Waals surface area contributed by atoms with Crippen LogP contribution in [-0.2, 0) is 4.74 Å². The second-order valence-electron chi connectivity index (χ2n) is 7.51. The molecule has 1 nitrogen and oxygen atoms in total. The van der Waals surface area contributed by atoms with E-state index in [2.05, 4.69) is 13.8 Å². The van der Waals surface area contributed by atoms with Crippen molar-refractivity contribution in [3.63, 3.8) is 0 Å². The van der Waals surface area contributed by atoms with Gasteiger partial charge in [0.2, 0.25) is 0 Å². The lowest BCUT2D eigenvalue weighted by Gasteiger charge is -2.37. The van der Waals surface area contributed by atoms with Gasteiger partial charge in [0.1, 0.15) is 0 Å². The van der Waals surface area contributed by atoms with E-state index < -0.39 is 0 Å². The van der Waals surface area contributed by atoms with Crippen molar-refractivity contribution in [2.45, 2.75) is 110 Å². The molecule has 0 aromatic rings. The minimum absolute atomic E-state index is 0.491. The summed E-state index contributed by atoms with van der Waals surface area (Å²) in [4.78, 5) is 0. The molecule has 0 aromatic carbocycles. The number of rotatable bonds is 1. The SMILES string of the molecule is CC1CC(C2CCCCCCCCCCC2)CC(C)O1. The molecule has 118 valence electrons. The second kappa shape index (κ2) is 9.07. The first-order valence-electron chi connectivity index (χ1n) is 9.41. The highest BCUT2D eigenvalue weighted by Crippen LogP contribution is 2.36. The van der Waals surface area contributed by atoms with Gasteiger partial charge in [-0.2, -0.15) is 0 Å². The maximum Gasteiger partial charge on any atom is 0.0553 e. The molecule has 2 fully saturated rings. The Bertz CT molecular complexity index is 228. The van der Waals surface area contributed by atoms with Crippen LogP contribution < -0.4 is 0 Å². The molecule has 0 N–H and O–H groups in total. The maximum absolute atomic E-state index is 5.94. The summed E-state index contributed by atoms with van der Waals surface area (Å²) in [7, 11) is 0. The van der Waals surface area contributed by atoms with Crippen molar-refractivity contribution in [2.24, 2.45) is 11.8 Å². The van der Waals surface area contributed by atoms with E-state index in [-0.39, 0.29) is 0 Å². The molecule has 0 radical (unpaired) electrons. The van der Waals surface area contributed by atoms with Gasteiger partial charge in [-0.3, -0.25) is 0 Å². The molecule has 1 saturated carbocycles. The third-order valence-electron chi connectivity index (χ3n) is 5.55. The zero-order valence-corrected chi connectivity index (χ0v) is 13.9. The number of ether oxygens (including phenoxy) is 1. The van der Waals surface area contributed by atoms with Crippen LogP contribution in [0.3, 0.4) is 0 Å². The van der Waals surface area contributed by atoms with E-state index in [4.69, 9.17) is 4.74 Å². The van der Waals surface area contributed by atoms with Crippen molar-refractivity contribution in [1.82, 2.24) is 0 Å². The molecule has 1 aliphatic carbocycles. The molecule has 2 rings (SSSR count). The molecule has 2 atom stereocenters. The van der Waals surface area contributed by atoms with Crippen molar-refractivity contribution in [2.75, 3.05) is 0 Å². The van der Waals surface area contributed by atoms with Gasteiger partial charge in [-0.25, -0.2) is 0 Å². The molecule has 1 heteroatoms. The lowest BCUT2D eigenvalue weighted by molar-refractivity contribution is -0.0653. The molecular formula is C19H36O. The Balaban J connectivity index is 1.84. The normalized spacial score (nSPS) is 36.0. The summed E-state index contributed by atoms with van der Waals surface area (Å²) in [6.45, 7) is 4.55. The van der Waals surface area contributed by atoms with Gasteiger partial charge in [-0.05, 0) is 38.5 Å². The van der Waals surface area contributed by atoms with Gasteiger partial charge >= 0.3 is 0 Å². The summed E-state index contributed by atoms with van der Waals surface area (Å²) in [5.41, 5.74) is 0. The second-order valence-corrected chi connectivity index (χ2v) is 7.51. The van der Waals surface area contributed by atoms with E-state index in [1.165, 1.54) is 83.5 Å². The average Bonchev–Trinajstić information content (AvgIpc) is 2.38. The zero-order chi connectivity index (χ0) is 14.2. The fourth-order valence-corrected chi connectivity index (χ4v) is 4.51. The Labute approximate surface area is 126 Å². The molecule has 1 aliphatic heterocycles. The Morgan fingerprint density at radius 2 is 0.950 bits per heavy atom. The number of hydrogen-bond acceptors (Lipinski definition) is 1. The Morgan fingerprint density at radius 3 is 1.40 bits per heavy atom. The standard InChI is InChI=1S/C19H36O/c1-16-14-19(15-17(2)20-16)18-12-10-8-6-4-3-5-7-9-11-13-18/h16-19H,3-15H2,1-2H3. The van der Waals surface area contributed by atoms with Gasteiger partial charge in [0.05, 0.1) is 12.2 Å². The third kappa shape index (κ3) is 5.76. The molecule has 2 unspecified atom stereocenters. The minimum atomic E-state index is 0.491. The van der Waals surface area contributed by atoms with E-state index >= 15 is 0 Å². The molecule has 1 saturated heterocycles. The molecule has 20 heavy (non-hydrogen) atoms. The van der Waals surface area contributed by atoms with Gasteiger partial charge in [0.25, 0.3) is 0 Å². The summed E-state index contributed by atoms with van der Waals surface area (Å²) < 4.78 is 5.94. The Hall–Kier alpha value is -0.0400. The highest BCUT2D eigenvalue weighted by atomic mass is 16.5. The van der Waals surface area contributed by atoms with E-state index in [1.807, 2.05) is 0 Å². The first-order chi connectivity index (χ1) is 9.75. The van der Waals surface area contributed by atoms with Crippen LogP contribution in [0.25, 0.3) is 0 Å². The van der Waals surface area contributed by atoms with Crippen molar-refractivity contribution >= 4 is 0 Å². The van der Waals surface area contributed by atoms with Gasteiger partial charge < -0.3 is 4.74 Å². The predicted octanol–water partition coefficient (Wildman–Crippen LogP) is 6.11. The van der Waals surface area contributed by atoms with Gasteiger partial charge in [0, 0.05) is 0 Å². The van der Waals surface area contributed by atoms with E-state index in [1.54, 1.807) is 0 Å². The molecule has 1 heterocycles. The molecule has 0 bridgehead atoms. The monoisotopic (exact) mass is 280 g/mol. The fraction of sp³-hybridized carbons (Fsp3) is 1.00. The first-order valence-corrected chi connectivity index (χ1v) is 9.41. The summed E-state index contributed by atoms with van der Waals surface area (Å²) in [6.07, 6.45) is 19.9. The molecule has 0 spiro atoms. The quantitative estimate of drug-likeness (QED) is 0.563. The van der Waals surface area contributed by atoms with Crippen LogP contribution >= 0.6 is 0 Å². The molecule has 0 aromatic heterocycles. The largest absolute Gasteiger partial charge is 0.376 e. The van der Waals surface area contributed by atoms with Crippen molar-refractivity contribution in [3.05, 3.63) is 0 Å². The van der Waals surface area contributed by atoms with Gasteiger partial charge in [-0.1, -0.05) is 70.6 Å². The van der Waals surface area contributed by atoms with E-state index in [0.29, 0.717) is 12.2 Å². The summed E-state index contributed by atoms with van der Waals surface area (Å²) in [6, 6.07) is 0. The highest BCUT2D eigenvalue weighted by molar-refractivity contribution is 4.79. The average molecular weight is 280 g/mol. The molecular weight excluding hydrogens is 244 g/mol. The van der Waals surface area contributed by atoms with Crippen LogP contribution in [0.4, 0.5) is 0 Å². The van der Waals surface area contributed by atoms with Crippen LogP contribution in [-0.4, -0.2) is 12.2 Å². The van der Waals surface area contributed by atoms with Crippen molar-refractivity contribution in [1.29, 1.82) is 0 Å². The van der Waals surface area contributed by atoms with Gasteiger partial charge in [0.15, 0.2) is 0 Å². The highest BCUT2D eigenvalue weighted by Gasteiger charge is 2.29. The maximum atomic E-state index is 5.94. The zero-order valence-electron chi connectivity index (χ0n) is 13.9.